The summed E-state index contributed by atoms with van der Waals surface area (Å²) in [6.07, 6.45) is -4.32. The zero-order chi connectivity index (χ0) is 31.4. The Morgan fingerprint density at radius 3 is 1.88 bits per heavy atom. The largest absolute Gasteiger partial charge is 0.496 e. The average Bonchev–Trinajstić information content (AvgIpc) is 2.91. The minimum atomic E-state index is -5.08. The molecule has 0 atom stereocenters. The third-order valence-electron chi connectivity index (χ3n) is 5.95. The molecule has 228 valence electrons. The Morgan fingerprint density at radius 2 is 1.44 bits per heavy atom. The Balaban J connectivity index is 0.000000497. The van der Waals surface area contributed by atoms with Crippen molar-refractivity contribution >= 4 is 17.8 Å². The van der Waals surface area contributed by atoms with Crippen LogP contribution in [0.15, 0.2) is 36.5 Å². The highest BCUT2D eigenvalue weighted by molar-refractivity contribution is 5.79. The molecule has 0 unspecified atom stereocenters. The van der Waals surface area contributed by atoms with Gasteiger partial charge in [-0.25, -0.2) is 9.59 Å². The minimum absolute atomic E-state index is 0.117. The average molecular weight is 596 g/mol. The van der Waals surface area contributed by atoms with Gasteiger partial charge in [0.25, 0.3) is 0 Å². The summed E-state index contributed by atoms with van der Waals surface area (Å²) in [7, 11) is 3.66. The lowest BCUT2D eigenvalue weighted by molar-refractivity contribution is -0.193. The number of nitrogens with one attached hydrogen (secondary N) is 2. The number of carboxylic acid groups (broad SMARTS) is 2. The van der Waals surface area contributed by atoms with Crippen molar-refractivity contribution in [1.29, 1.82) is 0 Å². The predicted molar refractivity (Wildman–Crippen MR) is 135 cm³/mol. The van der Waals surface area contributed by atoms with Gasteiger partial charge < -0.3 is 25.6 Å². The second-order valence-corrected chi connectivity index (χ2v) is 8.87. The number of ether oxygens (including phenoxy) is 1. The van der Waals surface area contributed by atoms with Gasteiger partial charge in [0.2, 0.25) is 5.91 Å². The van der Waals surface area contributed by atoms with Crippen molar-refractivity contribution in [3.8, 4) is 16.9 Å². The number of nitrogens with zero attached hydrogens (tertiary/aromatic N) is 1. The molecular formula is C26H31F6N3O6. The van der Waals surface area contributed by atoms with Gasteiger partial charge in [0.05, 0.1) is 7.11 Å². The molecule has 41 heavy (non-hydrogen) atoms. The van der Waals surface area contributed by atoms with Gasteiger partial charge in [0.15, 0.2) is 0 Å². The summed E-state index contributed by atoms with van der Waals surface area (Å²) in [4.78, 5) is 34.6. The molecular weight excluding hydrogens is 564 g/mol. The highest BCUT2D eigenvalue weighted by atomic mass is 19.4. The van der Waals surface area contributed by atoms with Gasteiger partial charge in [-0.3, -0.25) is 9.78 Å². The predicted octanol–water partition coefficient (Wildman–Crippen LogP) is 4.73. The Morgan fingerprint density at radius 1 is 0.927 bits per heavy atom. The summed E-state index contributed by atoms with van der Waals surface area (Å²) >= 11 is 0. The number of halogens is 6. The van der Waals surface area contributed by atoms with Crippen LogP contribution in [0.1, 0.15) is 36.9 Å². The fourth-order valence-electron chi connectivity index (χ4n) is 3.79. The number of carbonyl (C=O) groups excluding carboxylic acids is 1. The van der Waals surface area contributed by atoms with Crippen molar-refractivity contribution in [2.75, 3.05) is 14.2 Å². The standard InChI is InChI=1S/C22H29N3O2.2C2HF3O2/c1-15-12-18(10-11-24-15)17-6-9-21(27-3)19(13-17)14-25-22(26)16-4-7-20(23-2)8-5-16;2*3-2(4,5)1(6)7/h6,9-13,16,20,23H,4-5,7-8,14H2,1-3H3,(H,25,26);2*(H,6,7). The first-order chi connectivity index (χ1) is 19.0. The molecule has 1 saturated carbocycles. The Hall–Kier alpha value is -3.88. The second kappa shape index (κ2) is 15.8. The molecule has 3 rings (SSSR count). The van der Waals surface area contributed by atoms with E-state index >= 15 is 0 Å². The topological polar surface area (TPSA) is 138 Å². The number of aliphatic carboxylic acids is 2. The van der Waals surface area contributed by atoms with Crippen LogP contribution in [0.3, 0.4) is 0 Å². The fraction of sp³-hybridized carbons (Fsp3) is 0.462. The van der Waals surface area contributed by atoms with Gasteiger partial charge >= 0.3 is 24.3 Å². The molecule has 1 fully saturated rings. The van der Waals surface area contributed by atoms with E-state index in [1.54, 1.807) is 7.11 Å². The third-order valence-corrected chi connectivity index (χ3v) is 5.95. The number of benzene rings is 1. The van der Waals surface area contributed by atoms with E-state index in [-0.39, 0.29) is 11.8 Å². The summed E-state index contributed by atoms with van der Waals surface area (Å²) in [6, 6.07) is 10.7. The molecule has 4 N–H and O–H groups in total. The van der Waals surface area contributed by atoms with E-state index in [1.165, 1.54) is 0 Å². The number of aryl methyl sites for hydroxylation is 1. The summed E-state index contributed by atoms with van der Waals surface area (Å²) < 4.78 is 69.0. The van der Waals surface area contributed by atoms with Gasteiger partial charge in [-0.1, -0.05) is 6.07 Å². The number of aromatic nitrogens is 1. The van der Waals surface area contributed by atoms with Gasteiger partial charge in [-0.05, 0) is 75.0 Å². The first-order valence-corrected chi connectivity index (χ1v) is 12.1. The van der Waals surface area contributed by atoms with Crippen LogP contribution in [-0.4, -0.2) is 65.6 Å². The van der Waals surface area contributed by atoms with Gasteiger partial charge in [-0.15, -0.1) is 0 Å². The summed E-state index contributed by atoms with van der Waals surface area (Å²) in [6.45, 7) is 2.46. The molecule has 0 saturated heterocycles. The number of amides is 1. The van der Waals surface area contributed by atoms with E-state index in [2.05, 4.69) is 27.8 Å². The lowest BCUT2D eigenvalue weighted by Gasteiger charge is -2.27. The van der Waals surface area contributed by atoms with Crippen LogP contribution < -0.4 is 15.4 Å². The molecule has 0 aliphatic heterocycles. The van der Waals surface area contributed by atoms with Crippen molar-refractivity contribution in [3.05, 3.63) is 47.8 Å². The molecule has 1 aromatic carbocycles. The Kier molecular flexibility index (Phi) is 13.5. The molecule has 1 aliphatic carbocycles. The van der Waals surface area contributed by atoms with Gasteiger partial charge in [0.1, 0.15) is 5.75 Å². The maximum Gasteiger partial charge on any atom is 0.490 e. The fourth-order valence-corrected chi connectivity index (χ4v) is 3.79. The molecule has 0 spiro atoms. The van der Waals surface area contributed by atoms with E-state index in [4.69, 9.17) is 24.5 Å². The zero-order valence-corrected chi connectivity index (χ0v) is 22.4. The third kappa shape index (κ3) is 12.4. The van der Waals surface area contributed by atoms with E-state index < -0.39 is 24.3 Å². The van der Waals surface area contributed by atoms with Crippen molar-refractivity contribution in [2.45, 2.75) is 57.5 Å². The molecule has 1 amide bonds. The highest BCUT2D eigenvalue weighted by Crippen LogP contribution is 2.28. The molecule has 1 aliphatic rings. The molecule has 1 heterocycles. The number of carbonyl (C=O) groups is 3. The van der Waals surface area contributed by atoms with Crippen molar-refractivity contribution < 1.29 is 55.7 Å². The Bertz CT molecular complexity index is 1140. The number of methoxy groups -OCH3 is 1. The van der Waals surface area contributed by atoms with E-state index in [1.807, 2.05) is 38.4 Å². The number of alkyl halides is 6. The van der Waals surface area contributed by atoms with Crippen LogP contribution in [0, 0.1) is 12.8 Å². The normalized spacial score (nSPS) is 16.7. The van der Waals surface area contributed by atoms with Crippen LogP contribution in [0.5, 0.6) is 5.75 Å². The lowest BCUT2D eigenvalue weighted by Crippen LogP contribution is -2.37. The molecule has 9 nitrogen and oxygen atoms in total. The van der Waals surface area contributed by atoms with Crippen LogP contribution in [-0.2, 0) is 20.9 Å². The quantitative estimate of drug-likeness (QED) is 0.352. The number of carboxylic acids is 2. The summed E-state index contributed by atoms with van der Waals surface area (Å²) in [5.41, 5.74) is 4.18. The van der Waals surface area contributed by atoms with Crippen LogP contribution >= 0.6 is 0 Å². The first-order valence-electron chi connectivity index (χ1n) is 12.1. The van der Waals surface area contributed by atoms with E-state index in [9.17, 15) is 31.1 Å². The number of pyridine rings is 1. The number of rotatable bonds is 6. The van der Waals surface area contributed by atoms with Crippen molar-refractivity contribution in [1.82, 2.24) is 15.6 Å². The summed E-state index contributed by atoms with van der Waals surface area (Å²) in [5, 5.41) is 20.7. The van der Waals surface area contributed by atoms with Crippen molar-refractivity contribution in [2.24, 2.45) is 5.92 Å². The van der Waals surface area contributed by atoms with Crippen LogP contribution in [0.4, 0.5) is 26.3 Å². The molecule has 1 aromatic heterocycles. The smallest absolute Gasteiger partial charge is 0.490 e. The van der Waals surface area contributed by atoms with Gasteiger partial charge in [0, 0.05) is 36.0 Å². The van der Waals surface area contributed by atoms with Gasteiger partial charge in [-0.2, -0.15) is 26.3 Å². The minimum Gasteiger partial charge on any atom is -0.496 e. The maximum atomic E-state index is 12.6. The number of hydrogen-bond donors (Lipinski definition) is 4. The van der Waals surface area contributed by atoms with Crippen molar-refractivity contribution in [3.63, 3.8) is 0 Å². The first kappa shape index (κ1) is 35.1. The molecule has 0 radical (unpaired) electrons. The highest BCUT2D eigenvalue weighted by Gasteiger charge is 2.38. The number of hydrogen-bond acceptors (Lipinski definition) is 6. The lowest BCUT2D eigenvalue weighted by atomic mass is 9.85. The molecule has 0 bridgehead atoms. The Labute approximate surface area is 231 Å². The second-order valence-electron chi connectivity index (χ2n) is 8.87. The monoisotopic (exact) mass is 595 g/mol. The van der Waals surface area contributed by atoms with E-state index in [0.29, 0.717) is 12.6 Å². The summed E-state index contributed by atoms with van der Waals surface area (Å²) in [5.74, 6) is -4.45. The van der Waals surface area contributed by atoms with Crippen LogP contribution in [0.25, 0.3) is 11.1 Å². The molecule has 2 aromatic rings. The van der Waals surface area contributed by atoms with E-state index in [0.717, 1.165) is 53.8 Å². The zero-order valence-electron chi connectivity index (χ0n) is 22.4. The molecule has 15 heteroatoms. The maximum absolute atomic E-state index is 12.6. The van der Waals surface area contributed by atoms with Crippen LogP contribution in [0.2, 0.25) is 0 Å². The SMILES string of the molecule is CNC1CCC(C(=O)NCc2cc(-c3ccnc(C)c3)ccc2OC)CC1.O=C(O)C(F)(F)F.O=C(O)C(F)(F)F.